The lowest BCUT2D eigenvalue weighted by atomic mass is 9.96. The molecule has 0 bridgehead atoms. The third-order valence-electron chi connectivity index (χ3n) is 7.12. The van der Waals surface area contributed by atoms with Crippen molar-refractivity contribution in [2.45, 2.75) is 26.7 Å². The highest BCUT2D eigenvalue weighted by atomic mass is 19.1. The zero-order chi connectivity index (χ0) is 28.7. The van der Waals surface area contributed by atoms with E-state index in [4.69, 9.17) is 0 Å². The first-order valence-electron chi connectivity index (χ1n) is 12.8. The number of amidine groups is 1. The third kappa shape index (κ3) is 4.54. The molecule has 9 nitrogen and oxygen atoms in total. The zero-order valence-electron chi connectivity index (χ0n) is 22.2. The number of nitrogens with zero attached hydrogens (tertiary/aromatic N) is 5. The van der Waals surface area contributed by atoms with Gasteiger partial charge in [0.1, 0.15) is 23.1 Å². The van der Waals surface area contributed by atoms with Crippen molar-refractivity contribution in [1.82, 2.24) is 14.8 Å². The van der Waals surface area contributed by atoms with E-state index in [-0.39, 0.29) is 55.1 Å². The second kappa shape index (κ2) is 10.4. The van der Waals surface area contributed by atoms with Crippen LogP contribution < -0.4 is 4.90 Å². The van der Waals surface area contributed by atoms with Gasteiger partial charge >= 0.3 is 6.09 Å². The highest BCUT2D eigenvalue weighted by Crippen LogP contribution is 2.43. The van der Waals surface area contributed by atoms with Gasteiger partial charge in [0, 0.05) is 26.2 Å². The predicted molar refractivity (Wildman–Crippen MR) is 146 cm³/mol. The van der Waals surface area contributed by atoms with Crippen LogP contribution in [0.15, 0.2) is 53.3 Å². The number of phenols is 1. The topological polar surface area (TPSA) is 110 Å². The van der Waals surface area contributed by atoms with Crippen molar-refractivity contribution < 1.29 is 28.6 Å². The Hall–Kier alpha value is -4.76. The van der Waals surface area contributed by atoms with Crippen LogP contribution in [0.2, 0.25) is 0 Å². The van der Waals surface area contributed by atoms with Crippen LogP contribution in [0.1, 0.15) is 36.5 Å². The Bertz CT molecular complexity index is 1570. The van der Waals surface area contributed by atoms with Gasteiger partial charge < -0.3 is 20.0 Å². The van der Waals surface area contributed by atoms with E-state index in [0.29, 0.717) is 5.69 Å². The van der Waals surface area contributed by atoms with Gasteiger partial charge in [0.15, 0.2) is 17.6 Å². The van der Waals surface area contributed by atoms with Crippen molar-refractivity contribution in [1.29, 1.82) is 0 Å². The molecule has 206 valence electrons. The summed E-state index contributed by atoms with van der Waals surface area (Å²) in [5.74, 6) is -0.131. The number of anilines is 2. The maximum Gasteiger partial charge on any atom is 0.407 e. The molecule has 0 atom stereocenters. The standard InChI is InChI=1S/C29H27F2N5O4/c1-16(2)18-7-4-6-17(3)26(18)36-23(15-37)32-27(34-10-12-35(13-11-34)29(39)40)19-14-21(31)25(33-28(19)36)24-20(30)8-5-9-22(24)38/h4-9,14,16,38H,10-13H2,1-3H3,(H,39,40). The number of rotatable bonds is 3. The smallest absolute Gasteiger partial charge is 0.407 e. The third-order valence-corrected chi connectivity index (χ3v) is 7.12. The number of hydrogen-bond acceptors (Lipinski definition) is 7. The Balaban J connectivity index is 1.77. The highest BCUT2D eigenvalue weighted by Gasteiger charge is 2.36. The van der Waals surface area contributed by atoms with E-state index in [1.165, 1.54) is 21.9 Å². The molecule has 3 heterocycles. The predicted octanol–water partition coefficient (Wildman–Crippen LogP) is 5.03. The van der Waals surface area contributed by atoms with Crippen molar-refractivity contribution >= 4 is 29.4 Å². The fourth-order valence-corrected chi connectivity index (χ4v) is 5.13. The number of carbonyl (C=O) groups excluding carboxylic acids is 1. The molecule has 3 aromatic rings. The molecule has 0 unspecified atom stereocenters. The maximum absolute atomic E-state index is 15.7. The zero-order valence-corrected chi connectivity index (χ0v) is 22.2. The lowest BCUT2D eigenvalue weighted by Crippen LogP contribution is -2.51. The van der Waals surface area contributed by atoms with E-state index in [0.717, 1.165) is 23.3 Å². The number of carbonyl (C=O) groups is 1. The fraction of sp³-hybridized carbons (Fsp3) is 0.276. The summed E-state index contributed by atoms with van der Waals surface area (Å²) in [4.78, 5) is 37.5. The number of halogens is 2. The summed E-state index contributed by atoms with van der Waals surface area (Å²) in [6.07, 6.45) is -1.05. The molecule has 0 saturated carbocycles. The van der Waals surface area contributed by atoms with Crippen molar-refractivity contribution in [3.05, 3.63) is 76.6 Å². The minimum atomic E-state index is -1.05. The Labute approximate surface area is 229 Å². The number of piperazine rings is 1. The summed E-state index contributed by atoms with van der Waals surface area (Å²) in [6.45, 7) is 6.70. The molecule has 1 saturated heterocycles. The van der Waals surface area contributed by atoms with Crippen LogP contribution in [0.5, 0.6) is 5.75 Å². The highest BCUT2D eigenvalue weighted by molar-refractivity contribution is 6.08. The van der Waals surface area contributed by atoms with E-state index in [2.05, 4.69) is 9.98 Å². The van der Waals surface area contributed by atoms with Crippen LogP contribution in [0, 0.1) is 18.6 Å². The Morgan fingerprint density at radius 3 is 2.38 bits per heavy atom. The Morgan fingerprint density at radius 1 is 1.05 bits per heavy atom. The number of aryl methyl sites for hydroxylation is 1. The van der Waals surface area contributed by atoms with E-state index in [9.17, 15) is 24.2 Å². The SMILES string of the molecule is Cc1cccc(C(C)C)c1N1C(=C=O)N=C(N2CCN(C(=O)O)CC2)c2cc(F)c(-c3c(O)cccc3F)nc21. The molecular weight excluding hydrogens is 520 g/mol. The van der Waals surface area contributed by atoms with Gasteiger partial charge in [-0.15, -0.1) is 0 Å². The van der Waals surface area contributed by atoms with Crippen molar-refractivity contribution in [3.63, 3.8) is 0 Å². The first kappa shape index (κ1) is 26.8. The summed E-state index contributed by atoms with van der Waals surface area (Å²) >= 11 is 0. The maximum atomic E-state index is 15.7. The number of fused-ring (bicyclic) bond motifs is 1. The molecule has 0 radical (unpaired) electrons. The molecule has 1 fully saturated rings. The minimum absolute atomic E-state index is 0.0243. The monoisotopic (exact) mass is 547 g/mol. The van der Waals surface area contributed by atoms with Crippen molar-refractivity contribution in [2.75, 3.05) is 31.1 Å². The molecule has 40 heavy (non-hydrogen) atoms. The summed E-state index contributed by atoms with van der Waals surface area (Å²) in [6, 6.07) is 10.5. The van der Waals surface area contributed by atoms with Gasteiger partial charge in [-0.1, -0.05) is 38.1 Å². The molecule has 2 aromatic carbocycles. The first-order valence-corrected chi connectivity index (χ1v) is 12.8. The number of aromatic nitrogens is 1. The van der Waals surface area contributed by atoms with Crippen LogP contribution in [0.4, 0.5) is 25.1 Å². The number of para-hydroxylation sites is 1. The van der Waals surface area contributed by atoms with E-state index < -0.39 is 34.7 Å². The number of aliphatic imine (C=N–C) groups is 1. The van der Waals surface area contributed by atoms with Crippen LogP contribution in [-0.2, 0) is 4.79 Å². The van der Waals surface area contributed by atoms with Gasteiger partial charge in [-0.3, -0.25) is 4.90 Å². The molecule has 0 aliphatic carbocycles. The largest absolute Gasteiger partial charge is 0.507 e. The summed E-state index contributed by atoms with van der Waals surface area (Å²) < 4.78 is 30.6. The van der Waals surface area contributed by atoms with Crippen LogP contribution in [-0.4, -0.2) is 69.0 Å². The summed E-state index contributed by atoms with van der Waals surface area (Å²) in [5, 5.41) is 19.8. The molecule has 2 aliphatic rings. The molecule has 1 aromatic heterocycles. The van der Waals surface area contributed by atoms with Gasteiger partial charge in [-0.2, -0.15) is 0 Å². The molecule has 5 rings (SSSR count). The second-order valence-corrected chi connectivity index (χ2v) is 9.94. The number of phenolic OH excluding ortho intramolecular Hbond substituents is 1. The van der Waals surface area contributed by atoms with Crippen molar-refractivity contribution in [2.24, 2.45) is 4.99 Å². The van der Waals surface area contributed by atoms with Gasteiger partial charge in [0.2, 0.25) is 5.82 Å². The van der Waals surface area contributed by atoms with Crippen molar-refractivity contribution in [3.8, 4) is 17.0 Å². The average molecular weight is 548 g/mol. The number of aromatic hydroxyl groups is 1. The van der Waals surface area contributed by atoms with Gasteiger partial charge in [0.25, 0.3) is 0 Å². The first-order chi connectivity index (χ1) is 19.1. The van der Waals surface area contributed by atoms with Gasteiger partial charge in [0.05, 0.1) is 16.8 Å². The number of pyridine rings is 1. The molecule has 2 N–H and O–H groups in total. The number of hydrogen-bond donors (Lipinski definition) is 2. The quantitative estimate of drug-likeness (QED) is 0.443. The number of carboxylic acid groups (broad SMARTS) is 1. The van der Waals surface area contributed by atoms with Gasteiger partial charge in [-0.25, -0.2) is 28.3 Å². The van der Waals surface area contributed by atoms with Crippen LogP contribution >= 0.6 is 0 Å². The number of benzene rings is 2. The molecular formula is C29H27F2N5O4. The lowest BCUT2D eigenvalue weighted by Gasteiger charge is -2.39. The Kier molecular flexibility index (Phi) is 6.99. The van der Waals surface area contributed by atoms with E-state index in [1.54, 1.807) is 4.90 Å². The molecule has 1 amide bonds. The normalized spacial score (nSPS) is 15.2. The summed E-state index contributed by atoms with van der Waals surface area (Å²) in [7, 11) is 0. The second-order valence-electron chi connectivity index (χ2n) is 9.94. The van der Waals surface area contributed by atoms with E-state index >= 15 is 4.39 Å². The lowest BCUT2D eigenvalue weighted by molar-refractivity contribution is 0.124. The molecule has 11 heteroatoms. The number of amides is 1. The fourth-order valence-electron chi connectivity index (χ4n) is 5.13. The van der Waals surface area contributed by atoms with Crippen LogP contribution in [0.25, 0.3) is 11.3 Å². The van der Waals surface area contributed by atoms with Gasteiger partial charge in [-0.05, 0) is 42.2 Å². The Morgan fingerprint density at radius 2 is 1.75 bits per heavy atom. The van der Waals surface area contributed by atoms with Crippen LogP contribution in [0.3, 0.4) is 0 Å². The molecule has 0 spiro atoms. The average Bonchev–Trinajstić information content (AvgIpc) is 2.92. The minimum Gasteiger partial charge on any atom is -0.507 e. The molecule has 2 aliphatic heterocycles. The van der Waals surface area contributed by atoms with E-state index in [1.807, 2.05) is 44.9 Å². The summed E-state index contributed by atoms with van der Waals surface area (Å²) in [5.41, 5.74) is 1.67.